The van der Waals surface area contributed by atoms with Crippen LogP contribution in [0.1, 0.15) is 74.0 Å². The third kappa shape index (κ3) is 4.52. The molecule has 192 valence electrons. The van der Waals surface area contributed by atoms with Gasteiger partial charge in [-0.05, 0) is 61.6 Å². The Morgan fingerprint density at radius 1 is 1.19 bits per heavy atom. The molecule has 1 aliphatic carbocycles. The maximum Gasteiger partial charge on any atom is 0.257 e. The summed E-state index contributed by atoms with van der Waals surface area (Å²) in [4.78, 5) is 39.5. The zero-order chi connectivity index (χ0) is 25.3. The zero-order valence-electron chi connectivity index (χ0n) is 20.9. The Balaban J connectivity index is 1.35. The van der Waals surface area contributed by atoms with E-state index >= 15 is 0 Å². The van der Waals surface area contributed by atoms with E-state index in [0.29, 0.717) is 55.3 Å². The average Bonchev–Trinajstić information content (AvgIpc) is 3.46. The first kappa shape index (κ1) is 24.5. The normalized spacial score (nSPS) is 23.6. The first-order valence-corrected chi connectivity index (χ1v) is 13.0. The van der Waals surface area contributed by atoms with Crippen LogP contribution in [0.15, 0.2) is 29.0 Å². The summed E-state index contributed by atoms with van der Waals surface area (Å²) in [6.45, 7) is 5.23. The van der Waals surface area contributed by atoms with E-state index in [2.05, 4.69) is 28.0 Å². The highest BCUT2D eigenvalue weighted by molar-refractivity contribution is 6.07. The van der Waals surface area contributed by atoms with Crippen molar-refractivity contribution in [3.8, 4) is 0 Å². The Morgan fingerprint density at radius 2 is 1.94 bits per heavy atom. The van der Waals surface area contributed by atoms with Crippen LogP contribution in [0.3, 0.4) is 0 Å². The van der Waals surface area contributed by atoms with Crippen molar-refractivity contribution in [2.45, 2.75) is 70.3 Å². The highest BCUT2D eigenvalue weighted by Crippen LogP contribution is 2.45. The lowest BCUT2D eigenvalue weighted by Crippen LogP contribution is -2.49. The number of benzene rings is 1. The minimum Gasteiger partial charge on any atom is -0.381 e. The molecule has 2 fully saturated rings. The fourth-order valence-corrected chi connectivity index (χ4v) is 5.88. The molecular formula is C27H34N4O5. The standard InChI is InChI=1S/C27H34N4O5/c1-3-21-19(15-36-31-21)24(32)30-23(17-6-4-16(2)5-7-17)25(33)28-18-8-9-20-22(14-18)29-26(34)27(20)10-12-35-13-11-27/h8-9,14-17,23H,3-7,10-13H2,1-2H3,(H,28,33)(H,29,34)(H,30,32)/t16-,17-,23-/m0/s1. The van der Waals surface area contributed by atoms with E-state index in [4.69, 9.17) is 9.26 Å². The van der Waals surface area contributed by atoms with E-state index in [1.807, 2.05) is 25.1 Å². The summed E-state index contributed by atoms with van der Waals surface area (Å²) in [6, 6.07) is 4.89. The minimum absolute atomic E-state index is 0.00816. The molecule has 0 radical (unpaired) electrons. The van der Waals surface area contributed by atoms with Crippen LogP contribution in [0.5, 0.6) is 0 Å². The number of anilines is 2. The molecule has 1 spiro atoms. The molecule has 3 heterocycles. The number of aryl methyl sites for hydroxylation is 1. The van der Waals surface area contributed by atoms with E-state index in [1.54, 1.807) is 0 Å². The molecule has 2 aliphatic heterocycles. The molecule has 1 saturated carbocycles. The summed E-state index contributed by atoms with van der Waals surface area (Å²) in [7, 11) is 0. The van der Waals surface area contributed by atoms with Crippen LogP contribution < -0.4 is 16.0 Å². The van der Waals surface area contributed by atoms with Crippen LogP contribution in [0, 0.1) is 11.8 Å². The smallest absolute Gasteiger partial charge is 0.257 e. The van der Waals surface area contributed by atoms with Crippen molar-refractivity contribution in [1.29, 1.82) is 0 Å². The van der Waals surface area contributed by atoms with Crippen molar-refractivity contribution in [2.24, 2.45) is 11.8 Å². The second-order valence-corrected chi connectivity index (χ2v) is 10.4. The van der Waals surface area contributed by atoms with Crippen LogP contribution in [0.25, 0.3) is 0 Å². The Labute approximate surface area is 210 Å². The van der Waals surface area contributed by atoms with Crippen molar-refractivity contribution < 1.29 is 23.6 Å². The van der Waals surface area contributed by atoms with Crippen molar-refractivity contribution in [3.05, 3.63) is 41.3 Å². The highest BCUT2D eigenvalue weighted by atomic mass is 16.5. The molecule has 3 N–H and O–H groups in total. The second kappa shape index (κ2) is 10.0. The van der Waals surface area contributed by atoms with Gasteiger partial charge in [0.1, 0.15) is 17.9 Å². The van der Waals surface area contributed by atoms with Gasteiger partial charge in [-0.2, -0.15) is 0 Å². The van der Waals surface area contributed by atoms with Gasteiger partial charge in [0.15, 0.2) is 0 Å². The molecule has 3 aliphatic rings. The summed E-state index contributed by atoms with van der Waals surface area (Å²) < 4.78 is 10.5. The molecule has 36 heavy (non-hydrogen) atoms. The Morgan fingerprint density at radius 3 is 2.67 bits per heavy atom. The van der Waals surface area contributed by atoms with Crippen LogP contribution >= 0.6 is 0 Å². The number of carbonyl (C=O) groups excluding carboxylic acids is 3. The lowest BCUT2D eigenvalue weighted by Gasteiger charge is -2.32. The summed E-state index contributed by atoms with van der Waals surface area (Å²) in [5.74, 6) is 0.0289. The van der Waals surface area contributed by atoms with Gasteiger partial charge in [-0.25, -0.2) is 0 Å². The fraction of sp³-hybridized carbons (Fsp3) is 0.556. The number of aromatic nitrogens is 1. The lowest BCUT2D eigenvalue weighted by molar-refractivity contribution is -0.124. The van der Waals surface area contributed by atoms with Crippen LogP contribution in [-0.2, 0) is 26.2 Å². The Hall–Kier alpha value is -3.20. The minimum atomic E-state index is -0.686. The number of nitrogens with zero attached hydrogens (tertiary/aromatic N) is 1. The summed E-state index contributed by atoms with van der Waals surface area (Å²) >= 11 is 0. The molecule has 1 aromatic heterocycles. The zero-order valence-corrected chi connectivity index (χ0v) is 20.9. The van der Waals surface area contributed by atoms with Crippen molar-refractivity contribution in [3.63, 3.8) is 0 Å². The van der Waals surface area contributed by atoms with Gasteiger partial charge in [0.2, 0.25) is 11.8 Å². The van der Waals surface area contributed by atoms with E-state index < -0.39 is 11.5 Å². The van der Waals surface area contributed by atoms with Gasteiger partial charge >= 0.3 is 0 Å². The number of fused-ring (bicyclic) bond motifs is 2. The van der Waals surface area contributed by atoms with E-state index in [-0.39, 0.29) is 23.6 Å². The second-order valence-electron chi connectivity index (χ2n) is 10.4. The number of hydrogen-bond acceptors (Lipinski definition) is 6. The quantitative estimate of drug-likeness (QED) is 0.561. The summed E-state index contributed by atoms with van der Waals surface area (Å²) in [5, 5.41) is 12.9. The Bertz CT molecular complexity index is 1140. The molecule has 1 atom stereocenters. The third-order valence-corrected chi connectivity index (χ3v) is 8.16. The van der Waals surface area contributed by atoms with Crippen molar-refractivity contribution in [1.82, 2.24) is 10.5 Å². The molecule has 9 heteroatoms. The molecule has 2 aromatic rings. The monoisotopic (exact) mass is 494 g/mol. The Kier molecular flexibility index (Phi) is 6.83. The third-order valence-electron chi connectivity index (χ3n) is 8.16. The predicted molar refractivity (Wildman–Crippen MR) is 134 cm³/mol. The van der Waals surface area contributed by atoms with Crippen LogP contribution in [0.4, 0.5) is 11.4 Å². The largest absolute Gasteiger partial charge is 0.381 e. The van der Waals surface area contributed by atoms with Crippen molar-refractivity contribution >= 4 is 29.1 Å². The number of nitrogens with one attached hydrogen (secondary N) is 3. The van der Waals surface area contributed by atoms with Crippen LogP contribution in [0.2, 0.25) is 0 Å². The average molecular weight is 495 g/mol. The highest BCUT2D eigenvalue weighted by Gasteiger charge is 2.47. The SMILES string of the molecule is CCc1nocc1C(=O)N[C@H](C(=O)Nc1ccc2c(c1)NC(=O)C21CCOCC1)[C@H]1CC[C@H](C)CC1. The fourth-order valence-electron chi connectivity index (χ4n) is 5.88. The predicted octanol–water partition coefficient (Wildman–Crippen LogP) is 3.80. The van der Waals surface area contributed by atoms with Crippen LogP contribution in [-0.4, -0.2) is 42.1 Å². The molecule has 1 saturated heterocycles. The molecule has 5 rings (SSSR count). The first-order chi connectivity index (χ1) is 17.4. The van der Waals surface area contributed by atoms with Gasteiger partial charge in [0.05, 0.1) is 11.1 Å². The maximum absolute atomic E-state index is 13.5. The molecule has 0 unspecified atom stereocenters. The topological polar surface area (TPSA) is 123 Å². The molecular weight excluding hydrogens is 460 g/mol. The van der Waals surface area contributed by atoms with Gasteiger partial charge in [-0.3, -0.25) is 14.4 Å². The van der Waals surface area contributed by atoms with Gasteiger partial charge in [-0.1, -0.05) is 37.9 Å². The molecule has 0 bridgehead atoms. The van der Waals surface area contributed by atoms with Gasteiger partial charge < -0.3 is 25.2 Å². The van der Waals surface area contributed by atoms with E-state index in [1.165, 1.54) is 6.26 Å². The number of ether oxygens (including phenoxy) is 1. The number of rotatable bonds is 6. The number of amides is 3. The van der Waals surface area contributed by atoms with E-state index in [9.17, 15) is 14.4 Å². The molecule has 1 aromatic carbocycles. The van der Waals surface area contributed by atoms with Gasteiger partial charge in [0, 0.05) is 24.6 Å². The maximum atomic E-state index is 13.5. The number of carbonyl (C=O) groups is 3. The van der Waals surface area contributed by atoms with Gasteiger partial charge in [0.25, 0.3) is 5.91 Å². The van der Waals surface area contributed by atoms with E-state index in [0.717, 1.165) is 36.9 Å². The summed E-state index contributed by atoms with van der Waals surface area (Å²) in [5.41, 5.74) is 2.65. The summed E-state index contributed by atoms with van der Waals surface area (Å²) in [6.07, 6.45) is 6.97. The molecule has 9 nitrogen and oxygen atoms in total. The molecule has 3 amide bonds. The van der Waals surface area contributed by atoms with Crippen molar-refractivity contribution in [2.75, 3.05) is 23.8 Å². The van der Waals surface area contributed by atoms with Gasteiger partial charge in [-0.15, -0.1) is 0 Å². The lowest BCUT2D eigenvalue weighted by atomic mass is 9.75. The first-order valence-electron chi connectivity index (χ1n) is 13.0. The number of hydrogen-bond donors (Lipinski definition) is 3.